The van der Waals surface area contributed by atoms with E-state index in [-0.39, 0.29) is 5.88 Å². The highest BCUT2D eigenvalue weighted by Crippen LogP contribution is 2.33. The third-order valence-corrected chi connectivity index (χ3v) is 5.22. The van der Waals surface area contributed by atoms with Crippen molar-refractivity contribution in [3.63, 3.8) is 0 Å². The number of anilines is 1. The number of hydrogen-bond acceptors (Lipinski definition) is 4. The lowest BCUT2D eigenvalue weighted by Gasteiger charge is -2.25. The first-order chi connectivity index (χ1) is 11.2. The Morgan fingerprint density at radius 3 is 2.74 bits per heavy atom. The number of rotatable bonds is 3. The van der Waals surface area contributed by atoms with Gasteiger partial charge in [0.05, 0.1) is 4.88 Å². The van der Waals surface area contributed by atoms with Gasteiger partial charge in [0.2, 0.25) is 5.88 Å². The van der Waals surface area contributed by atoms with Crippen molar-refractivity contribution >= 4 is 40.9 Å². The summed E-state index contributed by atoms with van der Waals surface area (Å²) in [5.74, 6) is 0.221. The molecule has 0 saturated heterocycles. The number of aromatic nitrogens is 1. The van der Waals surface area contributed by atoms with Crippen LogP contribution in [0.1, 0.15) is 24.3 Å². The third kappa shape index (κ3) is 2.91. The number of fused-ring (bicyclic) bond motifs is 1. The van der Waals surface area contributed by atoms with Crippen molar-refractivity contribution in [3.8, 4) is 5.88 Å². The van der Waals surface area contributed by atoms with Gasteiger partial charge in [-0.25, -0.2) is 0 Å². The van der Waals surface area contributed by atoms with E-state index in [4.69, 9.17) is 12.2 Å². The molecular formula is C18H18N2OS2. The van der Waals surface area contributed by atoms with Crippen LogP contribution in [0.2, 0.25) is 0 Å². The maximum atomic E-state index is 10.2. The summed E-state index contributed by atoms with van der Waals surface area (Å²) in [4.78, 5) is 2.95. The average molecular weight is 342 g/mol. The second-order valence-electron chi connectivity index (χ2n) is 5.12. The van der Waals surface area contributed by atoms with E-state index in [0.29, 0.717) is 10.5 Å². The highest BCUT2D eigenvalue weighted by atomic mass is 32.1. The van der Waals surface area contributed by atoms with Crippen molar-refractivity contribution in [2.75, 3.05) is 11.4 Å². The molecule has 0 spiro atoms. The number of thiazole rings is 1. The summed E-state index contributed by atoms with van der Waals surface area (Å²) >= 11 is 6.67. The monoisotopic (exact) mass is 342 g/mol. The van der Waals surface area contributed by atoms with E-state index in [1.807, 2.05) is 25.1 Å². The quantitative estimate of drug-likeness (QED) is 0.625. The minimum absolute atomic E-state index is 0.221. The molecule has 0 amide bonds. The van der Waals surface area contributed by atoms with Gasteiger partial charge in [-0.05, 0) is 38.2 Å². The van der Waals surface area contributed by atoms with Gasteiger partial charge in [0.1, 0.15) is 0 Å². The van der Waals surface area contributed by atoms with Gasteiger partial charge in [0, 0.05) is 42.2 Å². The zero-order chi connectivity index (χ0) is 16.4. The van der Waals surface area contributed by atoms with Gasteiger partial charge in [-0.2, -0.15) is 0 Å². The van der Waals surface area contributed by atoms with Gasteiger partial charge in [-0.15, -0.1) is 17.1 Å². The molecule has 1 N–H and O–H groups in total. The second kappa shape index (κ2) is 6.59. The summed E-state index contributed by atoms with van der Waals surface area (Å²) in [6, 6.07) is 8.28. The second-order valence-corrected chi connectivity index (χ2v) is 6.80. The molecule has 1 aliphatic rings. The molecule has 0 atom stereocenters. The molecule has 1 aromatic carbocycles. The molecule has 0 bridgehead atoms. The zero-order valence-electron chi connectivity index (χ0n) is 13.1. The van der Waals surface area contributed by atoms with Crippen molar-refractivity contribution in [2.45, 2.75) is 20.4 Å². The Balaban J connectivity index is 2.08. The first-order valence-electron chi connectivity index (χ1n) is 7.59. The summed E-state index contributed by atoms with van der Waals surface area (Å²) in [6.07, 6.45) is 5.94. The van der Waals surface area contributed by atoms with Gasteiger partial charge < -0.3 is 10.0 Å². The fourth-order valence-electron chi connectivity index (χ4n) is 2.62. The van der Waals surface area contributed by atoms with Crippen molar-refractivity contribution in [1.29, 1.82) is 0 Å². The van der Waals surface area contributed by atoms with Crippen LogP contribution in [0.15, 0.2) is 42.3 Å². The maximum absolute atomic E-state index is 10.2. The molecule has 23 heavy (non-hydrogen) atoms. The first-order valence-corrected chi connectivity index (χ1v) is 8.81. The number of allylic oxidation sites excluding steroid dienone is 2. The fourth-order valence-corrected chi connectivity index (χ4v) is 3.94. The Kier molecular flexibility index (Phi) is 4.53. The first kappa shape index (κ1) is 15.8. The normalized spacial score (nSPS) is 13.0. The van der Waals surface area contributed by atoms with Crippen LogP contribution in [0.5, 0.6) is 5.88 Å². The molecule has 1 aromatic heterocycles. The molecule has 2 aromatic rings. The summed E-state index contributed by atoms with van der Waals surface area (Å²) < 4.78 is 2.40. The molecule has 5 heteroatoms. The Labute approximate surface area is 145 Å². The van der Waals surface area contributed by atoms with Gasteiger partial charge in [0.15, 0.2) is 3.95 Å². The van der Waals surface area contributed by atoms with E-state index in [9.17, 15) is 5.11 Å². The van der Waals surface area contributed by atoms with Crippen molar-refractivity contribution in [2.24, 2.45) is 0 Å². The van der Waals surface area contributed by atoms with Gasteiger partial charge in [-0.1, -0.05) is 18.2 Å². The zero-order valence-corrected chi connectivity index (χ0v) is 14.7. The van der Waals surface area contributed by atoms with Gasteiger partial charge in [0.25, 0.3) is 0 Å². The minimum atomic E-state index is 0.221. The Bertz CT molecular complexity index is 883. The molecule has 0 saturated carbocycles. The minimum Gasteiger partial charge on any atom is -0.493 e. The number of para-hydroxylation sites is 1. The van der Waals surface area contributed by atoms with Crippen molar-refractivity contribution in [1.82, 2.24) is 4.57 Å². The van der Waals surface area contributed by atoms with Crippen LogP contribution in [0.25, 0.3) is 11.6 Å². The number of aromatic hydroxyl groups is 1. The molecule has 0 aliphatic carbocycles. The van der Waals surface area contributed by atoms with E-state index in [2.05, 4.69) is 42.0 Å². The Morgan fingerprint density at radius 2 is 2.04 bits per heavy atom. The third-order valence-electron chi connectivity index (χ3n) is 3.83. The predicted molar refractivity (Wildman–Crippen MR) is 100 cm³/mol. The molecule has 3 nitrogen and oxygen atoms in total. The van der Waals surface area contributed by atoms with Crippen LogP contribution in [-0.2, 0) is 6.54 Å². The molecule has 3 rings (SSSR count). The molecule has 0 fully saturated rings. The van der Waals surface area contributed by atoms with Crippen LogP contribution in [0, 0.1) is 3.95 Å². The van der Waals surface area contributed by atoms with Crippen LogP contribution in [-0.4, -0.2) is 16.2 Å². The summed E-state index contributed by atoms with van der Waals surface area (Å²) in [6.45, 7) is 5.68. The number of hydrogen-bond donors (Lipinski definition) is 1. The smallest absolute Gasteiger partial charge is 0.211 e. The molecule has 118 valence electrons. The maximum Gasteiger partial charge on any atom is 0.211 e. The standard InChI is InChI=1S/C18H18N2OS2/c1-3-19-12-11-13(14-7-5-6-8-15(14)19)9-10-16-17(21)20(4-2)18(22)23-16/h5-8,10-12,21H,3-4H2,1-2H3. The van der Waals surface area contributed by atoms with Crippen molar-refractivity contribution < 1.29 is 5.11 Å². The average Bonchev–Trinajstić information content (AvgIpc) is 2.85. The molecule has 2 heterocycles. The van der Waals surface area contributed by atoms with Crippen LogP contribution >= 0.6 is 23.6 Å². The predicted octanol–water partition coefficient (Wildman–Crippen LogP) is 5.05. The van der Waals surface area contributed by atoms with E-state index in [1.165, 1.54) is 17.0 Å². The van der Waals surface area contributed by atoms with E-state index < -0.39 is 0 Å². The molecule has 0 unspecified atom stereocenters. The van der Waals surface area contributed by atoms with Crippen LogP contribution < -0.4 is 4.90 Å². The van der Waals surface area contributed by atoms with E-state index in [1.54, 1.807) is 4.57 Å². The lowest BCUT2D eigenvalue weighted by molar-refractivity contribution is 0.419. The summed E-state index contributed by atoms with van der Waals surface area (Å²) in [5, 5.41) is 10.2. The summed E-state index contributed by atoms with van der Waals surface area (Å²) in [7, 11) is 0. The molecule has 0 radical (unpaired) electrons. The molecule has 1 aliphatic heterocycles. The van der Waals surface area contributed by atoms with Crippen LogP contribution in [0.3, 0.4) is 0 Å². The van der Waals surface area contributed by atoms with Gasteiger partial charge >= 0.3 is 0 Å². The van der Waals surface area contributed by atoms with Gasteiger partial charge in [-0.3, -0.25) is 4.57 Å². The highest BCUT2D eigenvalue weighted by molar-refractivity contribution is 7.73. The topological polar surface area (TPSA) is 28.4 Å². The summed E-state index contributed by atoms with van der Waals surface area (Å²) in [5.41, 5.74) is 6.64. The number of nitrogens with zero attached hydrogens (tertiary/aromatic N) is 2. The SMILES string of the molecule is CCN1C=CC(=C=Cc2sc(=S)n(CC)c2O)c2ccccc21. The lowest BCUT2D eigenvalue weighted by Crippen LogP contribution is -2.18. The van der Waals surface area contributed by atoms with Crippen LogP contribution in [0.4, 0.5) is 5.69 Å². The largest absolute Gasteiger partial charge is 0.493 e. The Morgan fingerprint density at radius 1 is 1.26 bits per heavy atom. The van der Waals surface area contributed by atoms with E-state index >= 15 is 0 Å². The van der Waals surface area contributed by atoms with Crippen molar-refractivity contribution in [3.05, 3.63) is 56.7 Å². The fraction of sp³-hybridized carbons (Fsp3) is 0.222. The number of benzene rings is 1. The molecular weight excluding hydrogens is 324 g/mol. The Hall–Kier alpha value is -2.07. The lowest BCUT2D eigenvalue weighted by atomic mass is 10.0. The van der Waals surface area contributed by atoms with E-state index in [0.717, 1.165) is 22.6 Å². The highest BCUT2D eigenvalue weighted by Gasteiger charge is 2.14.